The Bertz CT molecular complexity index is 647. The molecule has 0 spiro atoms. The molecule has 7 heteroatoms. The van der Waals surface area contributed by atoms with Gasteiger partial charge in [-0.05, 0) is 63.0 Å². The Labute approximate surface area is 151 Å². The van der Waals surface area contributed by atoms with Crippen LogP contribution in [-0.2, 0) is 10.0 Å². The molecule has 0 saturated carbocycles. The Balaban J connectivity index is 2.08. The molecule has 0 atom stereocenters. The summed E-state index contributed by atoms with van der Waals surface area (Å²) < 4.78 is 27.0. The molecule has 25 heavy (non-hydrogen) atoms. The lowest BCUT2D eigenvalue weighted by Gasteiger charge is -2.24. The summed E-state index contributed by atoms with van der Waals surface area (Å²) in [4.78, 5) is 12.6. The second kappa shape index (κ2) is 9.31. The highest BCUT2D eigenvalue weighted by molar-refractivity contribution is 7.89. The molecule has 1 aromatic carbocycles. The number of hydrogen-bond donors (Lipinski definition) is 2. The van der Waals surface area contributed by atoms with E-state index in [1.807, 2.05) is 13.8 Å². The SMILES string of the molecule is CCCN(CCC)S(=O)(=O)c1ccc(C(=O)NC2CCNCC2)cc1. The maximum Gasteiger partial charge on any atom is 0.251 e. The van der Waals surface area contributed by atoms with E-state index in [0.717, 1.165) is 38.8 Å². The second-order valence-corrected chi connectivity index (χ2v) is 8.36. The largest absolute Gasteiger partial charge is 0.349 e. The van der Waals surface area contributed by atoms with Crippen molar-refractivity contribution < 1.29 is 13.2 Å². The first kappa shape index (κ1) is 19.9. The summed E-state index contributed by atoms with van der Waals surface area (Å²) in [6.45, 7) is 6.76. The Morgan fingerprint density at radius 1 is 1.12 bits per heavy atom. The molecule has 1 aliphatic rings. The third-order valence-electron chi connectivity index (χ3n) is 4.37. The topological polar surface area (TPSA) is 78.5 Å². The van der Waals surface area contributed by atoms with Gasteiger partial charge in [-0.1, -0.05) is 13.8 Å². The van der Waals surface area contributed by atoms with Crippen LogP contribution in [0.3, 0.4) is 0 Å². The number of sulfonamides is 1. The highest BCUT2D eigenvalue weighted by Gasteiger charge is 2.23. The average molecular weight is 368 g/mol. The quantitative estimate of drug-likeness (QED) is 0.736. The summed E-state index contributed by atoms with van der Waals surface area (Å²) in [5.74, 6) is -0.144. The summed E-state index contributed by atoms with van der Waals surface area (Å²) in [7, 11) is -3.50. The Hall–Kier alpha value is -1.44. The van der Waals surface area contributed by atoms with E-state index in [2.05, 4.69) is 10.6 Å². The zero-order valence-electron chi connectivity index (χ0n) is 15.1. The first-order valence-corrected chi connectivity index (χ1v) is 10.5. The molecule has 2 rings (SSSR count). The molecule has 6 nitrogen and oxygen atoms in total. The molecule has 1 heterocycles. The van der Waals surface area contributed by atoms with Gasteiger partial charge in [0.2, 0.25) is 10.0 Å². The summed E-state index contributed by atoms with van der Waals surface area (Å²) in [5, 5.41) is 6.28. The summed E-state index contributed by atoms with van der Waals surface area (Å²) in [6.07, 6.45) is 3.38. The van der Waals surface area contributed by atoms with Crippen molar-refractivity contribution in [2.45, 2.75) is 50.5 Å². The number of piperidine rings is 1. The number of rotatable bonds is 8. The van der Waals surface area contributed by atoms with Crippen LogP contribution in [0.25, 0.3) is 0 Å². The fourth-order valence-corrected chi connectivity index (χ4v) is 4.64. The van der Waals surface area contributed by atoms with Gasteiger partial charge in [0.25, 0.3) is 5.91 Å². The Morgan fingerprint density at radius 2 is 1.68 bits per heavy atom. The standard InChI is InChI=1S/C18H29N3O3S/c1-3-13-21(14-4-2)25(23,24)17-7-5-15(6-8-17)18(22)20-16-9-11-19-12-10-16/h5-8,16,19H,3-4,9-14H2,1-2H3,(H,20,22). The van der Waals surface area contributed by atoms with Crippen molar-refractivity contribution in [1.82, 2.24) is 14.9 Å². The van der Waals surface area contributed by atoms with Crippen molar-refractivity contribution >= 4 is 15.9 Å². The predicted octanol–water partition coefficient (Wildman–Crippen LogP) is 1.98. The van der Waals surface area contributed by atoms with Crippen LogP contribution in [0.1, 0.15) is 49.9 Å². The van der Waals surface area contributed by atoms with Gasteiger partial charge in [-0.25, -0.2) is 8.42 Å². The molecule has 1 fully saturated rings. The molecule has 1 saturated heterocycles. The van der Waals surface area contributed by atoms with Crippen LogP contribution in [-0.4, -0.2) is 50.9 Å². The number of carbonyl (C=O) groups is 1. The number of nitrogens with zero attached hydrogens (tertiary/aromatic N) is 1. The molecular formula is C18H29N3O3S. The Kier molecular flexibility index (Phi) is 7.40. The van der Waals surface area contributed by atoms with Crippen LogP contribution in [0, 0.1) is 0 Å². The molecule has 1 aromatic rings. The molecule has 1 aliphatic heterocycles. The number of carbonyl (C=O) groups excluding carboxylic acids is 1. The van der Waals surface area contributed by atoms with Crippen LogP contribution in [0.15, 0.2) is 29.2 Å². The normalized spacial score (nSPS) is 16.1. The maximum absolute atomic E-state index is 12.7. The van der Waals surface area contributed by atoms with Crippen molar-refractivity contribution in [1.29, 1.82) is 0 Å². The molecule has 0 radical (unpaired) electrons. The molecular weight excluding hydrogens is 338 g/mol. The van der Waals surface area contributed by atoms with E-state index in [1.54, 1.807) is 12.1 Å². The molecule has 2 N–H and O–H groups in total. The minimum Gasteiger partial charge on any atom is -0.349 e. The zero-order valence-corrected chi connectivity index (χ0v) is 15.9. The van der Waals surface area contributed by atoms with E-state index in [-0.39, 0.29) is 16.8 Å². The van der Waals surface area contributed by atoms with Gasteiger partial charge in [0.1, 0.15) is 0 Å². The lowest BCUT2D eigenvalue weighted by atomic mass is 10.1. The molecule has 0 aliphatic carbocycles. The van der Waals surface area contributed by atoms with Crippen molar-refractivity contribution in [2.24, 2.45) is 0 Å². The van der Waals surface area contributed by atoms with Crippen molar-refractivity contribution in [3.8, 4) is 0 Å². The molecule has 0 bridgehead atoms. The monoisotopic (exact) mass is 367 g/mol. The molecule has 140 valence electrons. The fourth-order valence-electron chi connectivity index (χ4n) is 3.01. The number of hydrogen-bond acceptors (Lipinski definition) is 4. The zero-order chi connectivity index (χ0) is 18.3. The van der Waals surface area contributed by atoms with E-state index in [4.69, 9.17) is 0 Å². The van der Waals surface area contributed by atoms with Gasteiger partial charge in [0, 0.05) is 24.7 Å². The highest BCUT2D eigenvalue weighted by atomic mass is 32.2. The first-order chi connectivity index (χ1) is 12.0. The smallest absolute Gasteiger partial charge is 0.251 e. The number of nitrogens with one attached hydrogen (secondary N) is 2. The maximum atomic E-state index is 12.7. The van der Waals surface area contributed by atoms with Crippen LogP contribution >= 0.6 is 0 Å². The van der Waals surface area contributed by atoms with Gasteiger partial charge >= 0.3 is 0 Å². The third kappa shape index (κ3) is 5.26. The molecule has 0 unspecified atom stereocenters. The first-order valence-electron chi connectivity index (χ1n) is 9.10. The van der Waals surface area contributed by atoms with Gasteiger partial charge < -0.3 is 10.6 Å². The van der Waals surface area contributed by atoms with Crippen molar-refractivity contribution in [3.63, 3.8) is 0 Å². The van der Waals surface area contributed by atoms with E-state index in [9.17, 15) is 13.2 Å². The third-order valence-corrected chi connectivity index (χ3v) is 6.29. The summed E-state index contributed by atoms with van der Waals surface area (Å²) in [6, 6.07) is 6.44. The van der Waals surface area contributed by atoms with Gasteiger partial charge in [-0.3, -0.25) is 4.79 Å². The van der Waals surface area contributed by atoms with Gasteiger partial charge in [0.15, 0.2) is 0 Å². The van der Waals surface area contributed by atoms with E-state index >= 15 is 0 Å². The predicted molar refractivity (Wildman–Crippen MR) is 99.1 cm³/mol. The lowest BCUT2D eigenvalue weighted by molar-refractivity contribution is 0.0929. The molecule has 1 amide bonds. The van der Waals surface area contributed by atoms with Crippen LogP contribution in [0.2, 0.25) is 0 Å². The van der Waals surface area contributed by atoms with Crippen LogP contribution < -0.4 is 10.6 Å². The molecule has 0 aromatic heterocycles. The van der Waals surface area contributed by atoms with Gasteiger partial charge in [-0.2, -0.15) is 4.31 Å². The summed E-state index contributed by atoms with van der Waals surface area (Å²) >= 11 is 0. The minimum atomic E-state index is -3.50. The number of amides is 1. The van der Waals surface area contributed by atoms with E-state index < -0.39 is 10.0 Å². The fraction of sp³-hybridized carbons (Fsp3) is 0.611. The van der Waals surface area contributed by atoms with Gasteiger partial charge in [-0.15, -0.1) is 0 Å². The van der Waals surface area contributed by atoms with Crippen LogP contribution in [0.5, 0.6) is 0 Å². The average Bonchev–Trinajstić information content (AvgIpc) is 2.62. The minimum absolute atomic E-state index is 0.144. The van der Waals surface area contributed by atoms with E-state index in [1.165, 1.54) is 16.4 Å². The van der Waals surface area contributed by atoms with E-state index in [0.29, 0.717) is 18.7 Å². The summed E-state index contributed by atoms with van der Waals surface area (Å²) in [5.41, 5.74) is 0.495. The lowest BCUT2D eigenvalue weighted by Crippen LogP contribution is -2.42. The van der Waals surface area contributed by atoms with Crippen molar-refractivity contribution in [2.75, 3.05) is 26.2 Å². The Morgan fingerprint density at radius 3 is 2.20 bits per heavy atom. The van der Waals surface area contributed by atoms with Crippen molar-refractivity contribution in [3.05, 3.63) is 29.8 Å². The number of benzene rings is 1. The highest BCUT2D eigenvalue weighted by Crippen LogP contribution is 2.17. The van der Waals surface area contributed by atoms with Crippen LogP contribution in [0.4, 0.5) is 0 Å². The van der Waals surface area contributed by atoms with Gasteiger partial charge in [0.05, 0.1) is 4.90 Å². The second-order valence-electron chi connectivity index (χ2n) is 6.43.